The van der Waals surface area contributed by atoms with E-state index in [4.69, 9.17) is 5.11 Å². The van der Waals surface area contributed by atoms with Gasteiger partial charge in [0.05, 0.1) is 5.69 Å². The van der Waals surface area contributed by atoms with Gasteiger partial charge in [0.1, 0.15) is 17.3 Å². The summed E-state index contributed by atoms with van der Waals surface area (Å²) in [6, 6.07) is 0. The molecule has 3 N–H and O–H groups in total. The first-order chi connectivity index (χ1) is 9.91. The molecule has 0 radical (unpaired) electrons. The van der Waals surface area contributed by atoms with E-state index in [1.807, 2.05) is 18.5 Å². The number of aromatic hydroxyl groups is 1. The van der Waals surface area contributed by atoms with Gasteiger partial charge in [0.2, 0.25) is 0 Å². The maximum atomic E-state index is 11.9. The molecule has 0 spiro atoms. The minimum absolute atomic E-state index is 0.429. The van der Waals surface area contributed by atoms with Crippen LogP contribution in [-0.4, -0.2) is 30.7 Å². The largest absolute Gasteiger partial charge is 0.506 e. The second-order valence-electron chi connectivity index (χ2n) is 5.20. The minimum Gasteiger partial charge on any atom is -0.506 e. The van der Waals surface area contributed by atoms with Gasteiger partial charge in [-0.1, -0.05) is 0 Å². The van der Waals surface area contributed by atoms with Crippen LogP contribution in [0.5, 0.6) is 5.75 Å². The van der Waals surface area contributed by atoms with E-state index in [1.165, 1.54) is 0 Å². The number of fused-ring (bicyclic) bond motifs is 3. The zero-order chi connectivity index (χ0) is 15.3. The molecule has 3 rings (SSSR count). The summed E-state index contributed by atoms with van der Waals surface area (Å²) < 4.78 is 1.95. The molecular formula is C14H15N3O4. The fourth-order valence-corrected chi connectivity index (χ4v) is 2.85. The van der Waals surface area contributed by atoms with Crippen LogP contribution in [0.25, 0.3) is 11.4 Å². The predicted octanol–water partition coefficient (Wildman–Crippen LogP) is 0.976. The molecule has 0 atom stereocenters. The Morgan fingerprint density at radius 1 is 1.38 bits per heavy atom. The third kappa shape index (κ3) is 1.84. The summed E-state index contributed by atoms with van der Waals surface area (Å²) in [6.07, 6.45) is 2.00. The van der Waals surface area contributed by atoms with Gasteiger partial charge in [-0.2, -0.15) is 0 Å². The van der Waals surface area contributed by atoms with Gasteiger partial charge in [-0.05, 0) is 26.2 Å². The Kier molecular flexibility index (Phi) is 2.86. The van der Waals surface area contributed by atoms with Gasteiger partial charge in [-0.15, -0.1) is 0 Å². The Morgan fingerprint density at radius 2 is 2.10 bits per heavy atom. The van der Waals surface area contributed by atoms with Crippen molar-refractivity contribution in [2.45, 2.75) is 26.2 Å². The summed E-state index contributed by atoms with van der Waals surface area (Å²) in [5.74, 6) is -1.08. The van der Waals surface area contributed by atoms with E-state index in [1.54, 1.807) is 0 Å². The minimum atomic E-state index is -1.43. The smallest absolute Gasteiger partial charge is 0.345 e. The van der Waals surface area contributed by atoms with Crippen molar-refractivity contribution in [2.24, 2.45) is 7.05 Å². The predicted molar refractivity (Wildman–Crippen MR) is 74.7 cm³/mol. The van der Waals surface area contributed by atoms with Crippen molar-refractivity contribution in [3.05, 3.63) is 33.0 Å². The first-order valence-electron chi connectivity index (χ1n) is 6.65. The highest BCUT2D eigenvalue weighted by atomic mass is 16.4. The monoisotopic (exact) mass is 289 g/mol. The third-order valence-electron chi connectivity index (χ3n) is 4.02. The molecule has 2 aromatic heterocycles. The molecule has 0 aliphatic heterocycles. The van der Waals surface area contributed by atoms with Gasteiger partial charge < -0.3 is 19.8 Å². The number of aromatic nitrogens is 3. The Balaban J connectivity index is 2.37. The van der Waals surface area contributed by atoms with E-state index >= 15 is 0 Å². The Bertz CT molecular complexity index is 817. The average Bonchev–Trinajstić information content (AvgIpc) is 2.58. The van der Waals surface area contributed by atoms with E-state index in [-0.39, 0.29) is 0 Å². The average molecular weight is 289 g/mol. The lowest BCUT2D eigenvalue weighted by molar-refractivity contribution is 0.0691. The zero-order valence-electron chi connectivity index (χ0n) is 11.7. The van der Waals surface area contributed by atoms with Gasteiger partial charge in [-0.3, -0.25) is 4.79 Å². The molecule has 0 saturated carbocycles. The van der Waals surface area contributed by atoms with Gasteiger partial charge in [0.15, 0.2) is 5.56 Å². The molecule has 0 saturated heterocycles. The van der Waals surface area contributed by atoms with Gasteiger partial charge >= 0.3 is 5.97 Å². The molecule has 2 heterocycles. The topological polar surface area (TPSA) is 108 Å². The summed E-state index contributed by atoms with van der Waals surface area (Å²) in [7, 11) is 1.90. The molecule has 0 fully saturated rings. The number of rotatable bonds is 1. The highest BCUT2D eigenvalue weighted by molar-refractivity contribution is 5.91. The van der Waals surface area contributed by atoms with Crippen LogP contribution >= 0.6 is 0 Å². The van der Waals surface area contributed by atoms with E-state index in [2.05, 4.69) is 9.97 Å². The van der Waals surface area contributed by atoms with Crippen molar-refractivity contribution in [3.63, 3.8) is 0 Å². The number of nitrogens with zero attached hydrogens (tertiary/aromatic N) is 2. The Hall–Kier alpha value is -2.57. The first kappa shape index (κ1) is 13.4. The fourth-order valence-electron chi connectivity index (χ4n) is 2.85. The van der Waals surface area contributed by atoms with Crippen LogP contribution in [0.1, 0.15) is 33.9 Å². The summed E-state index contributed by atoms with van der Waals surface area (Å²) in [6.45, 7) is 1.86. The lowest BCUT2D eigenvalue weighted by Gasteiger charge is -2.09. The number of hydrogen-bond acceptors (Lipinski definition) is 4. The maximum absolute atomic E-state index is 11.9. The number of H-pyrrole nitrogens is 1. The van der Waals surface area contributed by atoms with Crippen LogP contribution in [0.3, 0.4) is 0 Å². The number of pyridine rings is 1. The van der Waals surface area contributed by atoms with E-state index in [9.17, 15) is 14.7 Å². The van der Waals surface area contributed by atoms with Crippen LogP contribution in [0.15, 0.2) is 4.79 Å². The molecule has 0 amide bonds. The molecular weight excluding hydrogens is 274 g/mol. The van der Waals surface area contributed by atoms with Crippen molar-refractivity contribution in [1.29, 1.82) is 0 Å². The summed E-state index contributed by atoms with van der Waals surface area (Å²) in [5.41, 5.74) is 1.05. The second kappa shape index (κ2) is 4.47. The summed E-state index contributed by atoms with van der Waals surface area (Å²) in [4.78, 5) is 30.1. The molecule has 110 valence electrons. The van der Waals surface area contributed by atoms with Crippen molar-refractivity contribution in [1.82, 2.24) is 14.5 Å². The standard InChI is InChI=1S/C14H15N3O4/c1-6-15-11-8(17(6)2)5-3-4-7-10(11)16-13(19)9(12(7)18)14(20)21/h3-5H2,1-2H3,(H,20,21)(H2,16,18,19). The first-order valence-corrected chi connectivity index (χ1v) is 6.65. The van der Waals surface area contributed by atoms with Crippen molar-refractivity contribution in [3.8, 4) is 17.1 Å². The molecule has 2 aromatic rings. The Morgan fingerprint density at radius 3 is 2.76 bits per heavy atom. The lowest BCUT2D eigenvalue weighted by atomic mass is 10.0. The highest BCUT2D eigenvalue weighted by Crippen LogP contribution is 2.35. The number of nitrogens with one attached hydrogen (secondary N) is 1. The molecule has 1 aliphatic rings. The molecule has 7 nitrogen and oxygen atoms in total. The lowest BCUT2D eigenvalue weighted by Crippen LogP contribution is -2.20. The molecule has 0 aromatic carbocycles. The van der Waals surface area contributed by atoms with E-state index in [0.29, 0.717) is 23.4 Å². The Labute approximate surface area is 119 Å². The van der Waals surface area contributed by atoms with Gasteiger partial charge in [0, 0.05) is 18.3 Å². The second-order valence-corrected chi connectivity index (χ2v) is 5.20. The number of carboxylic acids is 1. The van der Waals surface area contributed by atoms with Crippen molar-refractivity contribution < 1.29 is 15.0 Å². The number of carboxylic acid groups (broad SMARTS) is 1. The molecule has 0 bridgehead atoms. The number of carbonyl (C=O) groups is 1. The number of aromatic amines is 1. The summed E-state index contributed by atoms with van der Waals surface area (Å²) >= 11 is 0. The molecule has 7 heteroatoms. The molecule has 21 heavy (non-hydrogen) atoms. The number of aromatic carboxylic acids is 1. The number of imidazole rings is 1. The highest BCUT2D eigenvalue weighted by Gasteiger charge is 2.27. The SMILES string of the molecule is Cc1nc2c(n1C)CCCc1c-2[nH]c(=O)c(C(=O)O)c1O. The quantitative estimate of drug-likeness (QED) is 0.725. The van der Waals surface area contributed by atoms with E-state index < -0.39 is 22.8 Å². The van der Waals surface area contributed by atoms with Crippen LogP contribution in [0.2, 0.25) is 0 Å². The normalized spacial score (nSPS) is 13.4. The van der Waals surface area contributed by atoms with Gasteiger partial charge in [-0.25, -0.2) is 9.78 Å². The maximum Gasteiger partial charge on any atom is 0.345 e. The van der Waals surface area contributed by atoms with Crippen LogP contribution in [0, 0.1) is 6.92 Å². The van der Waals surface area contributed by atoms with Crippen molar-refractivity contribution >= 4 is 5.97 Å². The number of hydrogen-bond donors (Lipinski definition) is 3. The van der Waals surface area contributed by atoms with Crippen LogP contribution in [0.4, 0.5) is 0 Å². The van der Waals surface area contributed by atoms with Crippen molar-refractivity contribution in [2.75, 3.05) is 0 Å². The van der Waals surface area contributed by atoms with E-state index in [0.717, 1.165) is 24.4 Å². The molecule has 0 unspecified atom stereocenters. The number of aryl methyl sites for hydroxylation is 1. The zero-order valence-corrected chi connectivity index (χ0v) is 11.7. The van der Waals surface area contributed by atoms with Crippen LogP contribution in [-0.2, 0) is 19.9 Å². The molecule has 1 aliphatic carbocycles. The van der Waals surface area contributed by atoms with Gasteiger partial charge in [0.25, 0.3) is 5.56 Å². The van der Waals surface area contributed by atoms with Crippen LogP contribution < -0.4 is 5.56 Å². The summed E-state index contributed by atoms with van der Waals surface area (Å²) in [5, 5.41) is 19.2. The fraction of sp³-hybridized carbons (Fsp3) is 0.357. The third-order valence-corrected chi connectivity index (χ3v) is 4.02.